The van der Waals surface area contributed by atoms with Gasteiger partial charge in [-0.3, -0.25) is 9.48 Å². The van der Waals surface area contributed by atoms with Gasteiger partial charge >= 0.3 is 0 Å². The summed E-state index contributed by atoms with van der Waals surface area (Å²) in [5.74, 6) is -0.187. The zero-order valence-electron chi connectivity index (χ0n) is 17.2. The molecule has 30 heavy (non-hydrogen) atoms. The largest absolute Gasteiger partial charge is 0.346 e. The number of carbonyl (C=O) groups excluding carboxylic acids is 1. The van der Waals surface area contributed by atoms with Gasteiger partial charge in [-0.25, -0.2) is 9.67 Å². The highest BCUT2D eigenvalue weighted by atomic mass is 35.5. The van der Waals surface area contributed by atoms with E-state index in [1.165, 1.54) is 0 Å². The quantitative estimate of drug-likeness (QED) is 0.511. The molecule has 8 heteroatoms. The Kier molecular flexibility index (Phi) is 5.55. The number of fused-ring (bicyclic) bond motifs is 1. The molecule has 0 saturated heterocycles. The van der Waals surface area contributed by atoms with Gasteiger partial charge in [-0.05, 0) is 32.4 Å². The monoisotopic (exact) mass is 422 g/mol. The predicted molar refractivity (Wildman–Crippen MR) is 117 cm³/mol. The van der Waals surface area contributed by atoms with Crippen molar-refractivity contribution in [3.63, 3.8) is 0 Å². The highest BCUT2D eigenvalue weighted by molar-refractivity contribution is 6.31. The highest BCUT2D eigenvalue weighted by Crippen LogP contribution is 2.23. The lowest BCUT2D eigenvalue weighted by molar-refractivity contribution is 0.0951. The third kappa shape index (κ3) is 3.80. The first-order valence-electron chi connectivity index (χ1n) is 9.85. The molecule has 0 radical (unpaired) electrons. The predicted octanol–water partition coefficient (Wildman–Crippen LogP) is 3.90. The number of rotatable bonds is 6. The maximum Gasteiger partial charge on any atom is 0.252 e. The molecule has 0 fully saturated rings. The maximum absolute atomic E-state index is 13.1. The molecule has 0 spiro atoms. The summed E-state index contributed by atoms with van der Waals surface area (Å²) in [5, 5.41) is 13.2. The summed E-state index contributed by atoms with van der Waals surface area (Å²) in [6.45, 7) is 7.34. The van der Waals surface area contributed by atoms with Gasteiger partial charge in [-0.2, -0.15) is 10.2 Å². The number of hydrogen-bond donors (Lipinski definition) is 1. The fraction of sp³-hybridized carbons (Fsp3) is 0.273. The van der Waals surface area contributed by atoms with E-state index in [2.05, 4.69) is 20.5 Å². The smallest absolute Gasteiger partial charge is 0.252 e. The van der Waals surface area contributed by atoms with Crippen molar-refractivity contribution >= 4 is 28.5 Å². The van der Waals surface area contributed by atoms with Gasteiger partial charge in [0.15, 0.2) is 5.65 Å². The van der Waals surface area contributed by atoms with E-state index in [9.17, 15) is 4.79 Å². The molecule has 0 aliphatic carbocycles. The van der Waals surface area contributed by atoms with Gasteiger partial charge < -0.3 is 5.32 Å². The fourth-order valence-corrected chi connectivity index (χ4v) is 3.83. The summed E-state index contributed by atoms with van der Waals surface area (Å²) in [6, 6.07) is 11.9. The molecule has 154 valence electrons. The lowest BCUT2D eigenvalue weighted by atomic mass is 10.1. The summed E-state index contributed by atoms with van der Waals surface area (Å²) < 4.78 is 3.63. The van der Waals surface area contributed by atoms with Crippen LogP contribution < -0.4 is 5.32 Å². The Bertz CT molecular complexity index is 1210. The summed E-state index contributed by atoms with van der Waals surface area (Å²) >= 11 is 6.22. The van der Waals surface area contributed by atoms with E-state index >= 15 is 0 Å². The first kappa shape index (κ1) is 20.1. The number of hydrogen-bond acceptors (Lipinski definition) is 4. The van der Waals surface area contributed by atoms with Gasteiger partial charge in [0, 0.05) is 12.2 Å². The van der Waals surface area contributed by atoms with Crippen LogP contribution in [0.5, 0.6) is 0 Å². The van der Waals surface area contributed by atoms with Crippen LogP contribution in [0.4, 0.5) is 0 Å². The molecule has 0 aliphatic heterocycles. The van der Waals surface area contributed by atoms with Gasteiger partial charge in [0.1, 0.15) is 0 Å². The standard InChI is InChI=1S/C22H23ClN6O/c1-4-28-19(18(23)11-25-28)12-24-22(30)17-10-14(2)26-21-20(17)15(3)27-29(21)13-16-8-6-5-7-9-16/h5-11H,4,12-13H2,1-3H3,(H,24,30). The second-order valence-corrected chi connectivity index (χ2v) is 7.58. The van der Waals surface area contributed by atoms with Gasteiger partial charge in [0.25, 0.3) is 5.91 Å². The van der Waals surface area contributed by atoms with Crippen LogP contribution in [0.1, 0.15) is 39.9 Å². The van der Waals surface area contributed by atoms with Crippen LogP contribution >= 0.6 is 11.6 Å². The third-order valence-electron chi connectivity index (χ3n) is 5.04. The molecule has 0 saturated carbocycles. The van der Waals surface area contributed by atoms with Crippen LogP contribution in [-0.4, -0.2) is 30.5 Å². The fourth-order valence-electron chi connectivity index (χ4n) is 3.62. The van der Waals surface area contributed by atoms with Gasteiger partial charge in [-0.1, -0.05) is 41.9 Å². The van der Waals surface area contributed by atoms with Crippen molar-refractivity contribution in [1.82, 2.24) is 29.9 Å². The van der Waals surface area contributed by atoms with E-state index in [0.717, 1.165) is 28.0 Å². The number of nitrogens with zero attached hydrogens (tertiary/aromatic N) is 5. The number of benzene rings is 1. The average Bonchev–Trinajstić information content (AvgIpc) is 3.25. The van der Waals surface area contributed by atoms with Crippen LogP contribution in [0.25, 0.3) is 11.0 Å². The van der Waals surface area contributed by atoms with Gasteiger partial charge in [-0.15, -0.1) is 0 Å². The number of amides is 1. The zero-order valence-corrected chi connectivity index (χ0v) is 17.9. The van der Waals surface area contributed by atoms with Crippen molar-refractivity contribution in [1.29, 1.82) is 0 Å². The van der Waals surface area contributed by atoms with E-state index in [0.29, 0.717) is 35.9 Å². The first-order chi connectivity index (χ1) is 14.5. The van der Waals surface area contributed by atoms with E-state index in [-0.39, 0.29) is 5.91 Å². The summed E-state index contributed by atoms with van der Waals surface area (Å²) in [6.07, 6.45) is 1.60. The van der Waals surface area contributed by atoms with Crippen molar-refractivity contribution in [2.45, 2.75) is 40.4 Å². The molecule has 0 unspecified atom stereocenters. The molecule has 3 aromatic heterocycles. The van der Waals surface area contributed by atoms with E-state index in [1.54, 1.807) is 16.9 Å². The Morgan fingerprint density at radius 1 is 1.17 bits per heavy atom. The summed E-state index contributed by atoms with van der Waals surface area (Å²) in [7, 11) is 0. The van der Waals surface area contributed by atoms with Crippen LogP contribution in [0.15, 0.2) is 42.6 Å². The van der Waals surface area contributed by atoms with Crippen molar-refractivity contribution in [2.75, 3.05) is 0 Å². The molecule has 0 atom stereocenters. The molecule has 3 heterocycles. The minimum absolute atomic E-state index is 0.187. The SMILES string of the molecule is CCn1ncc(Cl)c1CNC(=O)c1cc(C)nc2c1c(C)nn2Cc1ccccc1. The van der Waals surface area contributed by atoms with E-state index in [1.807, 2.05) is 55.8 Å². The number of aromatic nitrogens is 5. The van der Waals surface area contributed by atoms with Crippen molar-refractivity contribution < 1.29 is 4.79 Å². The molecule has 0 aliphatic rings. The number of aryl methyl sites for hydroxylation is 3. The topological polar surface area (TPSA) is 77.6 Å². The van der Waals surface area contributed by atoms with Crippen LogP contribution in [0, 0.1) is 13.8 Å². The molecular weight excluding hydrogens is 400 g/mol. The molecule has 1 aromatic carbocycles. The molecular formula is C22H23ClN6O. The molecule has 1 N–H and O–H groups in total. The molecule has 7 nitrogen and oxygen atoms in total. The zero-order chi connectivity index (χ0) is 21.3. The van der Waals surface area contributed by atoms with Gasteiger partial charge in [0.05, 0.1) is 46.6 Å². The van der Waals surface area contributed by atoms with Crippen LogP contribution in [-0.2, 0) is 19.6 Å². The van der Waals surface area contributed by atoms with Gasteiger partial charge in [0.2, 0.25) is 0 Å². The average molecular weight is 423 g/mol. The van der Waals surface area contributed by atoms with Crippen molar-refractivity contribution in [2.24, 2.45) is 0 Å². The molecule has 4 aromatic rings. The number of nitrogens with one attached hydrogen (secondary N) is 1. The lowest BCUT2D eigenvalue weighted by Crippen LogP contribution is -2.25. The lowest BCUT2D eigenvalue weighted by Gasteiger charge is -2.10. The number of carbonyl (C=O) groups is 1. The van der Waals surface area contributed by atoms with Crippen LogP contribution in [0.2, 0.25) is 5.02 Å². The normalized spacial score (nSPS) is 11.2. The minimum Gasteiger partial charge on any atom is -0.346 e. The molecule has 1 amide bonds. The Morgan fingerprint density at radius 2 is 1.93 bits per heavy atom. The number of halogens is 1. The minimum atomic E-state index is -0.187. The van der Waals surface area contributed by atoms with Crippen molar-refractivity contribution in [3.05, 3.63) is 75.8 Å². The van der Waals surface area contributed by atoms with Crippen LogP contribution in [0.3, 0.4) is 0 Å². The molecule has 4 rings (SSSR count). The Hall–Kier alpha value is -3.19. The Balaban J connectivity index is 1.67. The van der Waals surface area contributed by atoms with E-state index < -0.39 is 0 Å². The second kappa shape index (κ2) is 8.28. The third-order valence-corrected chi connectivity index (χ3v) is 5.35. The Morgan fingerprint density at radius 3 is 2.67 bits per heavy atom. The maximum atomic E-state index is 13.1. The highest BCUT2D eigenvalue weighted by Gasteiger charge is 2.19. The second-order valence-electron chi connectivity index (χ2n) is 7.18. The summed E-state index contributed by atoms with van der Waals surface area (Å²) in [5.41, 5.74) is 4.71. The Labute approximate surface area is 179 Å². The van der Waals surface area contributed by atoms with Crippen molar-refractivity contribution in [3.8, 4) is 0 Å². The molecule has 0 bridgehead atoms. The van der Waals surface area contributed by atoms with E-state index in [4.69, 9.17) is 11.6 Å². The first-order valence-corrected chi connectivity index (χ1v) is 10.2. The summed E-state index contributed by atoms with van der Waals surface area (Å²) in [4.78, 5) is 17.8. The number of pyridine rings is 1.